The second-order valence-electron chi connectivity index (χ2n) is 5.55. The third-order valence-corrected chi connectivity index (χ3v) is 5.90. The van der Waals surface area contributed by atoms with Crippen LogP contribution in [0.25, 0.3) is 0 Å². The number of rotatable bonds is 5. The first-order valence-electron chi connectivity index (χ1n) is 7.61. The molecule has 0 amide bonds. The summed E-state index contributed by atoms with van der Waals surface area (Å²) < 4.78 is 22.9. The molecule has 1 heterocycles. The molecule has 1 aromatic carbocycles. The normalized spacial score (nSPS) is 17.1. The van der Waals surface area contributed by atoms with Crippen molar-refractivity contribution < 1.29 is 8.42 Å². The molecule has 0 unspecified atom stereocenters. The Morgan fingerprint density at radius 2 is 2.13 bits per heavy atom. The minimum absolute atomic E-state index is 0.203. The second-order valence-corrected chi connectivity index (χ2v) is 8.28. The van der Waals surface area contributed by atoms with Gasteiger partial charge in [-0.3, -0.25) is 0 Å². The van der Waals surface area contributed by atoms with Gasteiger partial charge in [-0.25, -0.2) is 13.6 Å². The summed E-state index contributed by atoms with van der Waals surface area (Å²) in [6.45, 7) is 1.88. The topological polar surface area (TPSA) is 63.4 Å². The number of thioether (sulfide) groups is 1. The quantitative estimate of drug-likeness (QED) is 0.889. The van der Waals surface area contributed by atoms with Crippen LogP contribution in [0.4, 0.5) is 5.69 Å². The third kappa shape index (κ3) is 4.07. The highest BCUT2D eigenvalue weighted by molar-refractivity contribution is 8.03. The Bertz CT molecular complexity index is 780. The van der Waals surface area contributed by atoms with E-state index in [0.29, 0.717) is 0 Å². The molecular formula is C17H20N2O2S2. The lowest BCUT2D eigenvalue weighted by Crippen LogP contribution is -2.23. The van der Waals surface area contributed by atoms with Crippen molar-refractivity contribution in [2.24, 2.45) is 5.14 Å². The minimum atomic E-state index is -3.62. The molecule has 122 valence electrons. The molecule has 2 aliphatic rings. The molecule has 0 saturated heterocycles. The summed E-state index contributed by atoms with van der Waals surface area (Å²) in [5.41, 5.74) is 2.20. The lowest BCUT2D eigenvalue weighted by Gasteiger charge is -2.19. The van der Waals surface area contributed by atoms with Crippen molar-refractivity contribution in [1.82, 2.24) is 0 Å². The molecule has 6 heteroatoms. The highest BCUT2D eigenvalue weighted by Crippen LogP contribution is 2.30. The van der Waals surface area contributed by atoms with Crippen LogP contribution in [0.2, 0.25) is 0 Å². The van der Waals surface area contributed by atoms with Gasteiger partial charge in [-0.2, -0.15) is 0 Å². The molecule has 3 rings (SSSR count). The average molecular weight is 348 g/mol. The highest BCUT2D eigenvalue weighted by Gasteiger charge is 2.21. The maximum atomic E-state index is 11.4. The lowest BCUT2D eigenvalue weighted by molar-refractivity contribution is 0.597. The van der Waals surface area contributed by atoms with Gasteiger partial charge in [-0.15, -0.1) is 11.8 Å². The van der Waals surface area contributed by atoms with Crippen molar-refractivity contribution in [3.8, 4) is 0 Å². The van der Waals surface area contributed by atoms with Crippen molar-refractivity contribution in [2.45, 2.75) is 17.7 Å². The van der Waals surface area contributed by atoms with E-state index in [9.17, 15) is 8.42 Å². The number of anilines is 1. The van der Waals surface area contributed by atoms with Crippen LogP contribution in [0, 0.1) is 0 Å². The van der Waals surface area contributed by atoms with Crippen molar-refractivity contribution in [1.29, 1.82) is 0 Å². The third-order valence-electron chi connectivity index (χ3n) is 3.96. The zero-order valence-electron chi connectivity index (χ0n) is 12.8. The van der Waals surface area contributed by atoms with E-state index in [1.807, 2.05) is 17.8 Å². The molecule has 1 aromatic rings. The van der Waals surface area contributed by atoms with E-state index < -0.39 is 10.0 Å². The molecule has 2 N–H and O–H groups in total. The standard InChI is InChI=1S/C17H20N2O2S2/c18-23(20,21)16-7-8-17-14(13-16)9-10-19(17)11-12-22-15-5-3-1-2-4-6-15/h1-3,5-8,13H,4,9-12H2,(H2,18,20,21). The molecule has 0 aromatic heterocycles. The molecule has 0 fully saturated rings. The fraction of sp³-hybridized carbons (Fsp3) is 0.294. The number of nitrogens with two attached hydrogens (primary N) is 1. The molecule has 0 spiro atoms. The number of primary sulfonamides is 1. The van der Waals surface area contributed by atoms with Crippen LogP contribution < -0.4 is 10.0 Å². The summed E-state index contributed by atoms with van der Waals surface area (Å²) in [5, 5.41) is 5.20. The van der Waals surface area contributed by atoms with Crippen molar-refractivity contribution in [3.05, 3.63) is 59.0 Å². The Kier molecular flexibility index (Phi) is 4.94. The average Bonchev–Trinajstić information content (AvgIpc) is 2.73. The lowest BCUT2D eigenvalue weighted by atomic mass is 10.2. The van der Waals surface area contributed by atoms with Crippen LogP contribution in [0.5, 0.6) is 0 Å². The number of allylic oxidation sites excluding steroid dienone is 5. The predicted molar refractivity (Wildman–Crippen MR) is 97.2 cm³/mol. The van der Waals surface area contributed by atoms with Gasteiger partial charge in [0, 0.05) is 29.4 Å². The Labute approximate surface area is 141 Å². The Balaban J connectivity index is 1.61. The van der Waals surface area contributed by atoms with Crippen LogP contribution in [-0.2, 0) is 16.4 Å². The molecular weight excluding hydrogens is 328 g/mol. The van der Waals surface area contributed by atoms with Crippen molar-refractivity contribution >= 4 is 27.5 Å². The van der Waals surface area contributed by atoms with E-state index in [1.54, 1.807) is 12.1 Å². The van der Waals surface area contributed by atoms with Crippen molar-refractivity contribution in [3.63, 3.8) is 0 Å². The van der Waals surface area contributed by atoms with Gasteiger partial charge in [0.2, 0.25) is 10.0 Å². The SMILES string of the molecule is NS(=O)(=O)c1ccc2c(c1)CCN2CCSC1=CCC=CC=C1. The maximum Gasteiger partial charge on any atom is 0.238 e. The Morgan fingerprint density at radius 1 is 1.26 bits per heavy atom. The van der Waals surface area contributed by atoms with Gasteiger partial charge >= 0.3 is 0 Å². The van der Waals surface area contributed by atoms with E-state index in [4.69, 9.17) is 5.14 Å². The molecule has 4 nitrogen and oxygen atoms in total. The van der Waals surface area contributed by atoms with Crippen molar-refractivity contribution in [2.75, 3.05) is 23.7 Å². The smallest absolute Gasteiger partial charge is 0.238 e. The summed E-state index contributed by atoms with van der Waals surface area (Å²) in [7, 11) is -3.62. The van der Waals surface area contributed by atoms with Gasteiger partial charge < -0.3 is 4.90 Å². The summed E-state index contributed by atoms with van der Waals surface area (Å²) in [5.74, 6) is 1.01. The first-order chi connectivity index (χ1) is 11.0. The Hall–Kier alpha value is -1.50. The molecule has 0 saturated carbocycles. The van der Waals surface area contributed by atoms with Gasteiger partial charge in [0.05, 0.1) is 4.90 Å². The van der Waals surface area contributed by atoms with Crippen LogP contribution >= 0.6 is 11.8 Å². The van der Waals surface area contributed by atoms with Crippen LogP contribution in [-0.4, -0.2) is 27.3 Å². The van der Waals surface area contributed by atoms with Gasteiger partial charge in [-0.1, -0.05) is 24.3 Å². The van der Waals surface area contributed by atoms with E-state index >= 15 is 0 Å². The first kappa shape index (κ1) is 16.4. The van der Waals surface area contributed by atoms with E-state index in [-0.39, 0.29) is 4.90 Å². The van der Waals surface area contributed by atoms with Crippen LogP contribution in [0.15, 0.2) is 58.4 Å². The van der Waals surface area contributed by atoms with Gasteiger partial charge in [0.25, 0.3) is 0 Å². The van der Waals surface area contributed by atoms with E-state index in [0.717, 1.165) is 42.9 Å². The Morgan fingerprint density at radius 3 is 2.96 bits per heavy atom. The highest BCUT2D eigenvalue weighted by atomic mass is 32.2. The molecule has 23 heavy (non-hydrogen) atoms. The van der Waals surface area contributed by atoms with E-state index in [1.165, 1.54) is 4.91 Å². The number of fused-ring (bicyclic) bond motifs is 1. The second kappa shape index (κ2) is 6.95. The molecule has 0 atom stereocenters. The fourth-order valence-electron chi connectivity index (χ4n) is 2.80. The van der Waals surface area contributed by atoms with Crippen LogP contribution in [0.1, 0.15) is 12.0 Å². The van der Waals surface area contributed by atoms with Crippen LogP contribution in [0.3, 0.4) is 0 Å². The fourth-order valence-corrected chi connectivity index (χ4v) is 4.30. The van der Waals surface area contributed by atoms with Gasteiger partial charge in [0.15, 0.2) is 0 Å². The number of sulfonamides is 1. The summed E-state index contributed by atoms with van der Waals surface area (Å²) in [6.07, 6.45) is 12.5. The molecule has 0 radical (unpaired) electrons. The first-order valence-corrected chi connectivity index (χ1v) is 10.1. The minimum Gasteiger partial charge on any atom is -0.370 e. The molecule has 1 aliphatic carbocycles. The summed E-state index contributed by atoms with van der Waals surface area (Å²) in [6, 6.07) is 5.18. The largest absolute Gasteiger partial charge is 0.370 e. The summed E-state index contributed by atoms with van der Waals surface area (Å²) in [4.78, 5) is 3.82. The number of hydrogen-bond donors (Lipinski definition) is 1. The number of nitrogens with zero attached hydrogens (tertiary/aromatic N) is 1. The van der Waals surface area contributed by atoms with Gasteiger partial charge in [0.1, 0.15) is 0 Å². The number of benzene rings is 1. The summed E-state index contributed by atoms with van der Waals surface area (Å²) >= 11 is 1.86. The molecule has 1 aliphatic heterocycles. The maximum absolute atomic E-state index is 11.4. The zero-order valence-corrected chi connectivity index (χ0v) is 14.4. The number of hydrogen-bond acceptors (Lipinski definition) is 4. The molecule has 0 bridgehead atoms. The monoisotopic (exact) mass is 348 g/mol. The van der Waals surface area contributed by atoms with Gasteiger partial charge in [-0.05, 0) is 42.7 Å². The predicted octanol–water partition coefficient (Wildman–Crippen LogP) is 2.83. The zero-order chi connectivity index (χ0) is 16.3. The van der Waals surface area contributed by atoms with E-state index in [2.05, 4.69) is 35.3 Å².